The molecule has 30 heavy (non-hydrogen) atoms. The highest BCUT2D eigenvalue weighted by Gasteiger charge is 2.35. The molecule has 4 N–H and O–H groups in total. The van der Waals surface area contributed by atoms with Crippen molar-refractivity contribution in [1.82, 2.24) is 9.78 Å². The van der Waals surface area contributed by atoms with Crippen LogP contribution in [-0.4, -0.2) is 35.1 Å². The molecule has 10 heteroatoms. The summed E-state index contributed by atoms with van der Waals surface area (Å²) in [7, 11) is 0. The summed E-state index contributed by atoms with van der Waals surface area (Å²) in [5.41, 5.74) is 12.6. The van der Waals surface area contributed by atoms with E-state index in [-0.39, 0.29) is 5.56 Å². The molecule has 2 aromatic rings. The van der Waals surface area contributed by atoms with E-state index in [0.29, 0.717) is 43.2 Å². The van der Waals surface area contributed by atoms with Crippen molar-refractivity contribution in [2.75, 3.05) is 22.9 Å². The van der Waals surface area contributed by atoms with Gasteiger partial charge in [-0.1, -0.05) is 17.8 Å². The van der Waals surface area contributed by atoms with Gasteiger partial charge in [-0.25, -0.2) is 17.9 Å². The number of nitrogens with two attached hydrogens (primary N) is 2. The second-order valence-corrected chi connectivity index (χ2v) is 8.61. The molecule has 2 aliphatic heterocycles. The Balaban J connectivity index is 1.75. The van der Waals surface area contributed by atoms with Crippen LogP contribution in [0, 0.1) is 11.6 Å². The predicted octanol–water partition coefficient (Wildman–Crippen LogP) is 3.46. The number of hydrogen-bond acceptors (Lipinski definition) is 6. The Morgan fingerprint density at radius 1 is 1.20 bits per heavy atom. The maximum Gasteiger partial charge on any atom is 0.151 e. The fourth-order valence-corrected chi connectivity index (χ4v) is 5.04. The molecule has 0 amide bonds. The smallest absolute Gasteiger partial charge is 0.151 e. The Hall–Kier alpha value is -2.33. The van der Waals surface area contributed by atoms with Gasteiger partial charge in [-0.3, -0.25) is 0 Å². The average molecular weight is 439 g/mol. The van der Waals surface area contributed by atoms with E-state index in [1.165, 1.54) is 30.0 Å². The summed E-state index contributed by atoms with van der Waals surface area (Å²) in [4.78, 5) is 3.79. The Kier molecular flexibility index (Phi) is 5.88. The largest absolute Gasteiger partial charge is 0.392 e. The Morgan fingerprint density at radius 3 is 2.60 bits per heavy atom. The van der Waals surface area contributed by atoms with Crippen LogP contribution < -0.4 is 21.3 Å². The number of hydrogen-bond donors (Lipinski definition) is 2. The third-order valence-corrected chi connectivity index (χ3v) is 6.62. The lowest BCUT2D eigenvalue weighted by atomic mass is 10.1. The number of nitrogens with zero attached hydrogens (tertiary/aromatic N) is 4. The first-order chi connectivity index (χ1) is 14.4. The topological polar surface area (TPSA) is 76.3 Å². The van der Waals surface area contributed by atoms with Gasteiger partial charge in [0.25, 0.3) is 0 Å². The molecule has 0 bridgehead atoms. The quantitative estimate of drug-likeness (QED) is 0.762. The van der Waals surface area contributed by atoms with Gasteiger partial charge in [0.15, 0.2) is 5.82 Å². The number of aryl methyl sites for hydroxylation is 1. The molecule has 0 saturated carbocycles. The zero-order valence-electron chi connectivity index (χ0n) is 16.6. The van der Waals surface area contributed by atoms with Gasteiger partial charge in [0.1, 0.15) is 28.9 Å². The molecule has 3 atom stereocenters. The molecular weight excluding hydrogens is 413 g/mol. The zero-order valence-corrected chi connectivity index (χ0v) is 17.5. The normalized spacial score (nSPS) is 24.8. The lowest BCUT2D eigenvalue weighted by Gasteiger charge is -2.30. The molecule has 0 spiro atoms. The summed E-state index contributed by atoms with van der Waals surface area (Å²) >= 11 is 1.18. The van der Waals surface area contributed by atoms with Crippen molar-refractivity contribution < 1.29 is 13.2 Å². The molecule has 1 saturated heterocycles. The number of aromatic nitrogens is 2. The Morgan fingerprint density at radius 2 is 1.90 bits per heavy atom. The Bertz CT molecular complexity index is 916. The van der Waals surface area contributed by atoms with Crippen LogP contribution in [0.15, 0.2) is 35.6 Å². The van der Waals surface area contributed by atoms with Crippen LogP contribution in [0.3, 0.4) is 0 Å². The highest BCUT2D eigenvalue weighted by Crippen LogP contribution is 2.48. The summed E-state index contributed by atoms with van der Waals surface area (Å²) in [5.74, 6) is -0.496. The molecule has 0 aliphatic carbocycles. The van der Waals surface area contributed by atoms with E-state index in [4.69, 9.17) is 11.5 Å². The second kappa shape index (κ2) is 8.43. The number of thioether (sulfide) groups is 1. The van der Waals surface area contributed by atoms with Crippen LogP contribution >= 0.6 is 11.8 Å². The maximum absolute atomic E-state index is 14.6. The first-order valence-electron chi connectivity index (χ1n) is 9.97. The highest BCUT2D eigenvalue weighted by molar-refractivity contribution is 8.03. The molecule has 1 fully saturated rings. The van der Waals surface area contributed by atoms with Gasteiger partial charge in [0.2, 0.25) is 0 Å². The SMILES string of the molecule is CCn1ncc(N2C=C(N)SC2c2c(F)cccc2F)c1N1CCC(N)C(F)CC1. The van der Waals surface area contributed by atoms with Crippen molar-refractivity contribution in [2.24, 2.45) is 11.5 Å². The first kappa shape index (κ1) is 20.9. The fraction of sp³-hybridized carbons (Fsp3) is 0.450. The summed E-state index contributed by atoms with van der Waals surface area (Å²) in [6.45, 7) is 3.60. The van der Waals surface area contributed by atoms with Gasteiger partial charge >= 0.3 is 0 Å². The lowest BCUT2D eigenvalue weighted by molar-refractivity contribution is 0.274. The number of alkyl halides is 1. The number of benzene rings is 1. The second-order valence-electron chi connectivity index (χ2n) is 7.46. The van der Waals surface area contributed by atoms with Crippen LogP contribution in [-0.2, 0) is 6.54 Å². The van der Waals surface area contributed by atoms with Crippen molar-refractivity contribution in [2.45, 2.75) is 43.9 Å². The highest BCUT2D eigenvalue weighted by atomic mass is 32.2. The molecule has 4 rings (SSSR count). The maximum atomic E-state index is 14.6. The third kappa shape index (κ3) is 3.74. The van der Waals surface area contributed by atoms with E-state index in [2.05, 4.69) is 5.10 Å². The van der Waals surface area contributed by atoms with Crippen LogP contribution in [0.2, 0.25) is 0 Å². The molecule has 162 valence electrons. The molecule has 6 nitrogen and oxygen atoms in total. The molecule has 2 aliphatic rings. The van der Waals surface area contributed by atoms with Crippen molar-refractivity contribution >= 4 is 23.3 Å². The molecule has 1 aromatic carbocycles. The van der Waals surface area contributed by atoms with Gasteiger partial charge in [-0.05, 0) is 31.9 Å². The molecular formula is C20H25F3N6S. The number of anilines is 2. The van der Waals surface area contributed by atoms with Gasteiger partial charge in [-0.2, -0.15) is 5.10 Å². The van der Waals surface area contributed by atoms with E-state index < -0.39 is 29.2 Å². The van der Waals surface area contributed by atoms with Gasteiger partial charge in [-0.15, -0.1) is 0 Å². The van der Waals surface area contributed by atoms with E-state index in [0.717, 1.165) is 5.82 Å². The van der Waals surface area contributed by atoms with Gasteiger partial charge in [0.05, 0.1) is 16.8 Å². The molecule has 0 radical (unpaired) electrons. The first-order valence-corrected chi connectivity index (χ1v) is 10.8. The minimum absolute atomic E-state index is 0.0592. The summed E-state index contributed by atoms with van der Waals surface area (Å²) in [6.07, 6.45) is 3.09. The summed E-state index contributed by atoms with van der Waals surface area (Å²) < 4.78 is 45.1. The van der Waals surface area contributed by atoms with Crippen LogP contribution in [0.5, 0.6) is 0 Å². The van der Waals surface area contributed by atoms with Gasteiger partial charge < -0.3 is 21.3 Å². The predicted molar refractivity (Wildman–Crippen MR) is 114 cm³/mol. The summed E-state index contributed by atoms with van der Waals surface area (Å²) in [6, 6.07) is 3.30. The van der Waals surface area contributed by atoms with E-state index in [1.807, 2.05) is 11.8 Å². The third-order valence-electron chi connectivity index (χ3n) is 5.56. The zero-order chi connectivity index (χ0) is 21.4. The lowest BCUT2D eigenvalue weighted by Crippen LogP contribution is -2.31. The van der Waals surface area contributed by atoms with Crippen molar-refractivity contribution in [3.05, 3.63) is 52.8 Å². The fourth-order valence-electron chi connectivity index (χ4n) is 3.97. The van der Waals surface area contributed by atoms with Crippen LogP contribution in [0.4, 0.5) is 24.7 Å². The van der Waals surface area contributed by atoms with Gasteiger partial charge in [0, 0.05) is 31.9 Å². The standard InChI is InChI=1S/C20H25F3N6S/c1-2-29-19(27-8-6-12(21)15(24)7-9-27)16(10-26-29)28-11-17(25)30-20(28)18-13(22)4-3-5-14(18)23/h3-5,10-12,15,20H,2,6-9,24-25H2,1H3. The molecule has 1 aromatic heterocycles. The molecule has 3 unspecified atom stereocenters. The van der Waals surface area contributed by atoms with Crippen LogP contribution in [0.1, 0.15) is 30.7 Å². The van der Waals surface area contributed by atoms with E-state index in [9.17, 15) is 13.2 Å². The van der Waals surface area contributed by atoms with Crippen molar-refractivity contribution in [3.8, 4) is 0 Å². The van der Waals surface area contributed by atoms with E-state index >= 15 is 0 Å². The summed E-state index contributed by atoms with van der Waals surface area (Å²) in [5, 5.41) is 4.20. The Labute approximate surface area is 177 Å². The minimum Gasteiger partial charge on any atom is -0.392 e. The average Bonchev–Trinajstić information content (AvgIpc) is 3.26. The minimum atomic E-state index is -1.06. The monoisotopic (exact) mass is 438 g/mol. The molecule has 3 heterocycles. The van der Waals surface area contributed by atoms with Crippen molar-refractivity contribution in [1.29, 1.82) is 0 Å². The van der Waals surface area contributed by atoms with E-state index in [1.54, 1.807) is 22.0 Å². The van der Waals surface area contributed by atoms with Crippen molar-refractivity contribution in [3.63, 3.8) is 0 Å². The van der Waals surface area contributed by atoms with Crippen LogP contribution in [0.25, 0.3) is 0 Å². The number of halogens is 3. The number of rotatable bonds is 4.